The van der Waals surface area contributed by atoms with Gasteiger partial charge in [0.15, 0.2) is 0 Å². The summed E-state index contributed by atoms with van der Waals surface area (Å²) in [6.45, 7) is 2.87. The van der Waals surface area contributed by atoms with Gasteiger partial charge in [-0.15, -0.1) is 0 Å². The number of amides is 2. The highest BCUT2D eigenvalue weighted by atomic mass is 16.5. The van der Waals surface area contributed by atoms with Crippen molar-refractivity contribution in [1.29, 1.82) is 0 Å². The van der Waals surface area contributed by atoms with Crippen molar-refractivity contribution in [1.82, 2.24) is 24.6 Å². The minimum Gasteiger partial charge on any atom is -0.343 e. The first kappa shape index (κ1) is 23.4. The molecule has 2 aliphatic rings. The minimum absolute atomic E-state index is 0.0530. The molecule has 0 spiro atoms. The van der Waals surface area contributed by atoms with Gasteiger partial charge in [-0.25, -0.2) is 4.98 Å². The van der Waals surface area contributed by atoms with Gasteiger partial charge in [-0.3, -0.25) is 9.59 Å². The molecular weight excluding hydrogens is 468 g/mol. The van der Waals surface area contributed by atoms with E-state index in [9.17, 15) is 9.59 Å². The molecule has 6 rings (SSSR count). The molecule has 0 saturated carbocycles. The first-order valence-electron chi connectivity index (χ1n) is 13.1. The molecule has 37 heavy (non-hydrogen) atoms. The topological polar surface area (TPSA) is 97.4 Å². The monoisotopic (exact) mass is 498 g/mol. The average Bonchev–Trinajstić information content (AvgIpc) is 3.61. The van der Waals surface area contributed by atoms with Crippen molar-refractivity contribution in [2.24, 2.45) is 0 Å². The first-order chi connectivity index (χ1) is 18.2. The molecule has 2 amide bonds. The van der Waals surface area contributed by atoms with Crippen molar-refractivity contribution < 1.29 is 14.1 Å². The van der Waals surface area contributed by atoms with Crippen molar-refractivity contribution in [3.63, 3.8) is 0 Å². The number of nitrogens with zero attached hydrogens (tertiary/aromatic N) is 6. The summed E-state index contributed by atoms with van der Waals surface area (Å²) in [6.07, 6.45) is 7.23. The quantitative estimate of drug-likeness (QED) is 0.391. The van der Waals surface area contributed by atoms with Crippen LogP contribution in [0.2, 0.25) is 0 Å². The van der Waals surface area contributed by atoms with Crippen LogP contribution >= 0.6 is 0 Å². The molecule has 0 bridgehead atoms. The zero-order valence-corrected chi connectivity index (χ0v) is 20.8. The van der Waals surface area contributed by atoms with Gasteiger partial charge in [-0.2, -0.15) is 4.98 Å². The summed E-state index contributed by atoms with van der Waals surface area (Å²) in [6, 6.07) is 15.5. The molecular formula is C28H30N6O3. The van der Waals surface area contributed by atoms with Crippen molar-refractivity contribution in [3.05, 3.63) is 60.7 Å². The molecule has 4 aromatic rings. The van der Waals surface area contributed by atoms with E-state index in [0.29, 0.717) is 37.6 Å². The van der Waals surface area contributed by atoms with E-state index in [-0.39, 0.29) is 17.7 Å². The van der Waals surface area contributed by atoms with Crippen molar-refractivity contribution in [3.8, 4) is 11.4 Å². The lowest BCUT2D eigenvalue weighted by Gasteiger charge is -2.20. The summed E-state index contributed by atoms with van der Waals surface area (Å²) in [5.74, 6) is 1.08. The SMILES string of the molecule is O=C(CCn1cnc2cc(-c3noc([C@@H]4CC(=O)N(c5ccccc5)C4)n3)ccc21)N1CCCCCC1. The third-order valence-electron chi connectivity index (χ3n) is 7.39. The van der Waals surface area contributed by atoms with Gasteiger partial charge in [0.2, 0.25) is 23.5 Å². The van der Waals surface area contributed by atoms with E-state index in [4.69, 9.17) is 4.52 Å². The molecule has 2 saturated heterocycles. The van der Waals surface area contributed by atoms with Gasteiger partial charge < -0.3 is 18.9 Å². The second kappa shape index (κ2) is 10.2. The maximum absolute atomic E-state index is 12.7. The number of hydrogen-bond donors (Lipinski definition) is 0. The summed E-state index contributed by atoms with van der Waals surface area (Å²) < 4.78 is 7.60. The van der Waals surface area contributed by atoms with Gasteiger partial charge in [-0.05, 0) is 43.2 Å². The zero-order valence-electron chi connectivity index (χ0n) is 20.8. The van der Waals surface area contributed by atoms with Gasteiger partial charge in [0.05, 0.1) is 23.3 Å². The van der Waals surface area contributed by atoms with E-state index >= 15 is 0 Å². The lowest BCUT2D eigenvalue weighted by molar-refractivity contribution is -0.131. The van der Waals surface area contributed by atoms with Crippen LogP contribution < -0.4 is 4.90 Å². The van der Waals surface area contributed by atoms with E-state index in [1.54, 1.807) is 11.2 Å². The number of imidazole rings is 1. The lowest BCUT2D eigenvalue weighted by atomic mass is 10.1. The molecule has 190 valence electrons. The lowest BCUT2D eigenvalue weighted by Crippen LogP contribution is -2.32. The number of anilines is 1. The third kappa shape index (κ3) is 4.85. The number of carbonyl (C=O) groups is 2. The van der Waals surface area contributed by atoms with Crippen LogP contribution in [0.15, 0.2) is 59.4 Å². The molecule has 0 aliphatic carbocycles. The predicted molar refractivity (Wildman–Crippen MR) is 139 cm³/mol. The summed E-state index contributed by atoms with van der Waals surface area (Å²) in [7, 11) is 0. The number of aryl methyl sites for hydroxylation is 1. The Morgan fingerprint density at radius 2 is 1.84 bits per heavy atom. The normalized spacial score (nSPS) is 18.5. The van der Waals surface area contributed by atoms with Crippen LogP contribution in [0.1, 0.15) is 50.3 Å². The Morgan fingerprint density at radius 3 is 2.65 bits per heavy atom. The fourth-order valence-corrected chi connectivity index (χ4v) is 5.32. The highest BCUT2D eigenvalue weighted by Crippen LogP contribution is 2.32. The third-order valence-corrected chi connectivity index (χ3v) is 7.39. The van der Waals surface area contributed by atoms with E-state index in [2.05, 4.69) is 15.1 Å². The van der Waals surface area contributed by atoms with Crippen molar-refractivity contribution >= 4 is 28.5 Å². The maximum Gasteiger partial charge on any atom is 0.232 e. The minimum atomic E-state index is -0.140. The number of fused-ring (bicyclic) bond motifs is 1. The fourth-order valence-electron chi connectivity index (χ4n) is 5.32. The molecule has 0 radical (unpaired) electrons. The van der Waals surface area contributed by atoms with E-state index < -0.39 is 0 Å². The molecule has 0 unspecified atom stereocenters. The Bertz CT molecular complexity index is 1400. The number of likely N-dealkylation sites (tertiary alicyclic amines) is 1. The van der Waals surface area contributed by atoms with Gasteiger partial charge >= 0.3 is 0 Å². The van der Waals surface area contributed by atoms with E-state index in [1.807, 2.05) is 58.0 Å². The molecule has 1 atom stereocenters. The molecule has 9 heteroatoms. The molecule has 9 nitrogen and oxygen atoms in total. The van der Waals surface area contributed by atoms with Crippen LogP contribution in [0, 0.1) is 0 Å². The predicted octanol–water partition coefficient (Wildman–Crippen LogP) is 4.40. The number of aromatic nitrogens is 4. The molecule has 2 aliphatic heterocycles. The second-order valence-electron chi connectivity index (χ2n) is 9.88. The van der Waals surface area contributed by atoms with Crippen LogP contribution in [-0.2, 0) is 16.1 Å². The number of benzene rings is 2. The van der Waals surface area contributed by atoms with Crippen LogP contribution in [0.25, 0.3) is 22.4 Å². The van der Waals surface area contributed by atoms with E-state index in [1.165, 1.54) is 12.8 Å². The molecule has 0 N–H and O–H groups in total. The van der Waals surface area contributed by atoms with Crippen LogP contribution in [-0.4, -0.2) is 56.0 Å². The van der Waals surface area contributed by atoms with Gasteiger partial charge in [0, 0.05) is 50.3 Å². The Labute approximate surface area is 215 Å². The molecule has 4 heterocycles. The van der Waals surface area contributed by atoms with Crippen LogP contribution in [0.3, 0.4) is 0 Å². The standard InChI is InChI=1S/C28H30N6O3/c35-25(32-13-6-1-2-7-14-32)12-15-33-19-29-23-16-20(10-11-24(23)33)27-30-28(37-31-27)21-17-26(36)34(18-21)22-8-4-3-5-9-22/h3-5,8-11,16,19,21H,1-2,6-7,12-15,17-18H2/t21-/m1/s1. The largest absolute Gasteiger partial charge is 0.343 e. The molecule has 2 aromatic carbocycles. The fraction of sp³-hybridized carbons (Fsp3) is 0.393. The highest BCUT2D eigenvalue weighted by molar-refractivity contribution is 5.96. The summed E-state index contributed by atoms with van der Waals surface area (Å²) >= 11 is 0. The van der Waals surface area contributed by atoms with Gasteiger partial charge in [-0.1, -0.05) is 36.2 Å². The molecule has 2 fully saturated rings. The average molecular weight is 499 g/mol. The Morgan fingerprint density at radius 1 is 1.03 bits per heavy atom. The summed E-state index contributed by atoms with van der Waals surface area (Å²) in [5, 5.41) is 4.19. The zero-order chi connectivity index (χ0) is 25.2. The van der Waals surface area contributed by atoms with E-state index in [0.717, 1.165) is 48.2 Å². The number of para-hydroxylation sites is 1. The first-order valence-corrected chi connectivity index (χ1v) is 13.1. The van der Waals surface area contributed by atoms with Crippen molar-refractivity contribution in [2.45, 2.75) is 51.0 Å². The summed E-state index contributed by atoms with van der Waals surface area (Å²) in [4.78, 5) is 38.2. The Hall–Kier alpha value is -4.01. The summed E-state index contributed by atoms with van der Waals surface area (Å²) in [5.41, 5.74) is 3.47. The Balaban J connectivity index is 1.13. The van der Waals surface area contributed by atoms with Crippen LogP contribution in [0.4, 0.5) is 5.69 Å². The smallest absolute Gasteiger partial charge is 0.232 e. The second-order valence-corrected chi connectivity index (χ2v) is 9.88. The van der Waals surface area contributed by atoms with Gasteiger partial charge in [0.25, 0.3) is 0 Å². The number of rotatable bonds is 6. The maximum atomic E-state index is 12.7. The highest BCUT2D eigenvalue weighted by Gasteiger charge is 2.35. The van der Waals surface area contributed by atoms with Gasteiger partial charge in [0.1, 0.15) is 0 Å². The number of hydrogen-bond acceptors (Lipinski definition) is 6. The Kier molecular flexibility index (Phi) is 6.42. The molecule has 2 aromatic heterocycles. The number of carbonyl (C=O) groups excluding carboxylic acids is 2. The van der Waals surface area contributed by atoms with Crippen molar-refractivity contribution in [2.75, 3.05) is 24.5 Å². The van der Waals surface area contributed by atoms with Crippen LogP contribution in [0.5, 0.6) is 0 Å².